The first-order chi connectivity index (χ1) is 8.56. The first kappa shape index (κ1) is 12.8. The molecule has 0 saturated carbocycles. The highest BCUT2D eigenvalue weighted by molar-refractivity contribution is 6.49. The number of halogens is 1. The predicted octanol–water partition coefficient (Wildman–Crippen LogP) is 2.82. The molecule has 1 aliphatic carbocycles. The molecule has 0 radical (unpaired) electrons. The largest absolute Gasteiger partial charge is 0.394 e. The number of fused-ring (bicyclic) bond motifs is 1. The van der Waals surface area contributed by atoms with Gasteiger partial charge in [-0.15, -0.1) is 0 Å². The summed E-state index contributed by atoms with van der Waals surface area (Å²) in [6, 6.07) is 5.28. The molecule has 0 fully saturated rings. The van der Waals surface area contributed by atoms with Crippen molar-refractivity contribution in [3.05, 3.63) is 45.6 Å². The van der Waals surface area contributed by atoms with Gasteiger partial charge in [-0.05, 0) is 30.5 Å². The smallest absolute Gasteiger partial charge is 0.211 e. The third-order valence-electron chi connectivity index (χ3n) is 3.07. The van der Waals surface area contributed by atoms with Crippen molar-refractivity contribution in [2.45, 2.75) is 26.2 Å². The minimum absolute atomic E-state index is 0.157. The predicted molar refractivity (Wildman–Crippen MR) is 70.8 cm³/mol. The molecule has 0 saturated heterocycles. The van der Waals surface area contributed by atoms with Crippen LogP contribution in [0.1, 0.15) is 46.0 Å². The second-order valence-corrected chi connectivity index (χ2v) is 4.75. The highest BCUT2D eigenvalue weighted by Crippen LogP contribution is 2.27. The highest BCUT2D eigenvalue weighted by atomic mass is 35.5. The lowest BCUT2D eigenvalue weighted by Crippen LogP contribution is -2.24. The molecule has 0 unspecified atom stereocenters. The molecule has 0 spiro atoms. The van der Waals surface area contributed by atoms with Gasteiger partial charge in [-0.2, -0.15) is 0 Å². The number of hydrogen-bond donors (Lipinski definition) is 1. The normalized spacial score (nSPS) is 15.0. The molecular weight excluding hydrogens is 250 g/mol. The molecule has 0 amide bonds. The minimum atomic E-state index is -0.364. The quantitative estimate of drug-likeness (QED) is 0.912. The van der Waals surface area contributed by atoms with Gasteiger partial charge in [0, 0.05) is 11.1 Å². The molecule has 0 bridgehead atoms. The average Bonchev–Trinajstić information content (AvgIpc) is 2.40. The summed E-state index contributed by atoms with van der Waals surface area (Å²) in [6.07, 6.45) is 3.02. The van der Waals surface area contributed by atoms with Crippen LogP contribution in [0.5, 0.6) is 0 Å². The van der Waals surface area contributed by atoms with Crippen molar-refractivity contribution in [1.29, 1.82) is 0 Å². The summed E-state index contributed by atoms with van der Waals surface area (Å²) >= 11 is 5.78. The molecule has 94 valence electrons. The average molecular weight is 264 g/mol. The van der Waals surface area contributed by atoms with E-state index in [1.807, 2.05) is 6.07 Å². The standard InChI is InChI=1S/C14H14ClNO2/c1-2-3-4-8-5-6-9-10(7-8)13(17)11(15)12(16)14(9)18/h5-7H,2-4,16H2,1H3. The Morgan fingerprint density at radius 2 is 1.89 bits per heavy atom. The van der Waals surface area contributed by atoms with E-state index >= 15 is 0 Å². The third kappa shape index (κ3) is 2.06. The zero-order valence-electron chi connectivity index (χ0n) is 10.1. The van der Waals surface area contributed by atoms with Crippen LogP contribution in [0.2, 0.25) is 0 Å². The highest BCUT2D eigenvalue weighted by Gasteiger charge is 2.29. The second-order valence-electron chi connectivity index (χ2n) is 4.37. The maximum Gasteiger partial charge on any atom is 0.211 e. The molecule has 1 aromatic rings. The molecule has 0 aromatic heterocycles. The maximum atomic E-state index is 12.0. The molecular formula is C14H14ClNO2. The van der Waals surface area contributed by atoms with Crippen LogP contribution in [0.3, 0.4) is 0 Å². The van der Waals surface area contributed by atoms with E-state index in [-0.39, 0.29) is 22.3 Å². The van der Waals surface area contributed by atoms with E-state index in [4.69, 9.17) is 17.3 Å². The Kier molecular flexibility index (Phi) is 3.53. The topological polar surface area (TPSA) is 60.2 Å². The van der Waals surface area contributed by atoms with Crippen molar-refractivity contribution in [3.63, 3.8) is 0 Å². The first-order valence-electron chi connectivity index (χ1n) is 5.93. The molecule has 1 aliphatic rings. The Morgan fingerprint density at radius 1 is 1.17 bits per heavy atom. The molecule has 0 aliphatic heterocycles. The molecule has 18 heavy (non-hydrogen) atoms. The molecule has 0 atom stereocenters. The van der Waals surface area contributed by atoms with Crippen molar-refractivity contribution in [2.75, 3.05) is 0 Å². The van der Waals surface area contributed by atoms with Gasteiger partial charge < -0.3 is 5.73 Å². The van der Waals surface area contributed by atoms with Crippen LogP contribution in [-0.2, 0) is 6.42 Å². The van der Waals surface area contributed by atoms with Gasteiger partial charge in [-0.1, -0.05) is 31.0 Å². The zero-order chi connectivity index (χ0) is 13.3. The van der Waals surface area contributed by atoms with E-state index in [0.717, 1.165) is 24.8 Å². The Bertz CT molecular complexity index is 561. The van der Waals surface area contributed by atoms with Gasteiger partial charge >= 0.3 is 0 Å². The first-order valence-corrected chi connectivity index (χ1v) is 6.31. The van der Waals surface area contributed by atoms with Gasteiger partial charge in [-0.3, -0.25) is 9.59 Å². The van der Waals surface area contributed by atoms with Crippen molar-refractivity contribution < 1.29 is 9.59 Å². The van der Waals surface area contributed by atoms with Crippen LogP contribution >= 0.6 is 11.6 Å². The Morgan fingerprint density at radius 3 is 2.56 bits per heavy atom. The van der Waals surface area contributed by atoms with E-state index in [2.05, 4.69) is 6.92 Å². The number of Topliss-reactive ketones (excluding diaryl/α,β-unsaturated/α-hetero) is 2. The van der Waals surface area contributed by atoms with E-state index in [9.17, 15) is 9.59 Å². The SMILES string of the molecule is CCCCc1ccc2c(c1)C(=O)C(Cl)=C(N)C2=O. The Hall–Kier alpha value is -1.61. The number of rotatable bonds is 3. The van der Waals surface area contributed by atoms with Gasteiger partial charge in [0.15, 0.2) is 0 Å². The van der Waals surface area contributed by atoms with Crippen molar-refractivity contribution >= 4 is 23.2 Å². The third-order valence-corrected chi connectivity index (χ3v) is 3.45. The van der Waals surface area contributed by atoms with Gasteiger partial charge in [0.2, 0.25) is 11.6 Å². The molecule has 0 heterocycles. The summed E-state index contributed by atoms with van der Waals surface area (Å²) in [7, 11) is 0. The van der Waals surface area contributed by atoms with Gasteiger partial charge in [0.05, 0.1) is 0 Å². The summed E-state index contributed by atoms with van der Waals surface area (Å²) in [5.41, 5.74) is 7.13. The molecule has 2 rings (SSSR count). The van der Waals surface area contributed by atoms with E-state index in [0.29, 0.717) is 11.1 Å². The van der Waals surface area contributed by atoms with E-state index in [1.165, 1.54) is 0 Å². The van der Waals surface area contributed by atoms with Crippen LogP contribution in [0.25, 0.3) is 0 Å². The lowest BCUT2D eigenvalue weighted by molar-refractivity contribution is 0.0979. The number of hydrogen-bond acceptors (Lipinski definition) is 3. The minimum Gasteiger partial charge on any atom is -0.394 e. The van der Waals surface area contributed by atoms with Crippen molar-refractivity contribution in [1.82, 2.24) is 0 Å². The Balaban J connectivity index is 2.45. The summed E-state index contributed by atoms with van der Waals surface area (Å²) in [6.45, 7) is 2.10. The fraction of sp³-hybridized carbons (Fsp3) is 0.286. The van der Waals surface area contributed by atoms with Crippen molar-refractivity contribution in [3.8, 4) is 0 Å². The fourth-order valence-electron chi connectivity index (χ4n) is 2.00. The number of benzene rings is 1. The van der Waals surface area contributed by atoms with E-state index in [1.54, 1.807) is 12.1 Å². The lowest BCUT2D eigenvalue weighted by atomic mass is 9.90. The lowest BCUT2D eigenvalue weighted by Gasteiger charge is -2.15. The van der Waals surface area contributed by atoms with Gasteiger partial charge in [0.25, 0.3) is 0 Å². The van der Waals surface area contributed by atoms with Gasteiger partial charge in [-0.25, -0.2) is 0 Å². The number of carbonyl (C=O) groups is 2. The number of allylic oxidation sites excluding steroid dienone is 2. The van der Waals surface area contributed by atoms with Crippen molar-refractivity contribution in [2.24, 2.45) is 5.73 Å². The van der Waals surface area contributed by atoms with Crippen LogP contribution in [0, 0.1) is 0 Å². The fourth-order valence-corrected chi connectivity index (χ4v) is 2.19. The Labute approximate surface area is 111 Å². The number of carbonyl (C=O) groups excluding carboxylic acids is 2. The summed E-state index contributed by atoms with van der Waals surface area (Å²) in [5, 5.41) is -0.167. The number of nitrogens with two attached hydrogens (primary N) is 1. The number of ketones is 2. The van der Waals surface area contributed by atoms with Crippen LogP contribution in [-0.4, -0.2) is 11.6 Å². The molecule has 2 N–H and O–H groups in total. The molecule has 1 aromatic carbocycles. The summed E-state index contributed by atoms with van der Waals surface area (Å²) in [4.78, 5) is 23.9. The second kappa shape index (κ2) is 4.94. The zero-order valence-corrected chi connectivity index (χ0v) is 10.9. The maximum absolute atomic E-state index is 12.0. The van der Waals surface area contributed by atoms with Gasteiger partial charge in [0.1, 0.15) is 10.7 Å². The monoisotopic (exact) mass is 263 g/mol. The number of unbranched alkanes of at least 4 members (excludes halogenated alkanes) is 1. The summed E-state index contributed by atoms with van der Waals surface area (Å²) < 4.78 is 0. The van der Waals surface area contributed by atoms with Crippen LogP contribution in [0.4, 0.5) is 0 Å². The van der Waals surface area contributed by atoms with E-state index < -0.39 is 0 Å². The van der Waals surface area contributed by atoms with Crippen LogP contribution < -0.4 is 5.73 Å². The number of aryl methyl sites for hydroxylation is 1. The molecule has 4 heteroatoms. The van der Waals surface area contributed by atoms with Crippen LogP contribution in [0.15, 0.2) is 28.9 Å². The molecule has 3 nitrogen and oxygen atoms in total. The summed E-state index contributed by atoms with van der Waals surface area (Å²) in [5.74, 6) is -0.723.